The van der Waals surface area contributed by atoms with Gasteiger partial charge in [0.1, 0.15) is 0 Å². The smallest absolute Gasteiger partial charge is 0.321 e. The van der Waals surface area contributed by atoms with Crippen LogP contribution < -0.4 is 10.2 Å². The van der Waals surface area contributed by atoms with Crippen LogP contribution in [0.1, 0.15) is 35.7 Å². The molecule has 1 N–H and O–H groups in total. The van der Waals surface area contributed by atoms with Crippen molar-refractivity contribution in [3.8, 4) is 0 Å². The van der Waals surface area contributed by atoms with E-state index < -0.39 is 0 Å². The molecule has 0 aliphatic carbocycles. The number of benzene rings is 1. The number of Topliss-reactive ketones (excluding diaryl/α,β-unsaturated/α-hetero) is 1. The quantitative estimate of drug-likeness (QED) is 0.773. The molecule has 2 amide bonds. The molecule has 1 aromatic carbocycles. The first kappa shape index (κ1) is 12.6. The molecule has 1 heterocycles. The van der Waals surface area contributed by atoms with Crippen molar-refractivity contribution in [1.82, 2.24) is 5.32 Å². The van der Waals surface area contributed by atoms with Crippen LogP contribution in [0.15, 0.2) is 18.2 Å². The van der Waals surface area contributed by atoms with E-state index in [2.05, 4.69) is 5.32 Å². The Kier molecular flexibility index (Phi) is 3.65. The highest BCUT2D eigenvalue weighted by Crippen LogP contribution is 2.27. The number of hydrogen-bond donors (Lipinski definition) is 1. The number of ketones is 1. The number of urea groups is 1. The van der Waals surface area contributed by atoms with Gasteiger partial charge in [-0.25, -0.2) is 4.79 Å². The van der Waals surface area contributed by atoms with Crippen LogP contribution in [0.2, 0.25) is 0 Å². The summed E-state index contributed by atoms with van der Waals surface area (Å²) in [6, 6.07) is 5.50. The molecule has 1 aromatic rings. The van der Waals surface area contributed by atoms with E-state index >= 15 is 0 Å². The Balaban J connectivity index is 2.43. The summed E-state index contributed by atoms with van der Waals surface area (Å²) in [5, 5.41) is 2.66. The van der Waals surface area contributed by atoms with Crippen molar-refractivity contribution < 1.29 is 9.59 Å². The van der Waals surface area contributed by atoms with Crippen LogP contribution in [0, 0.1) is 0 Å². The number of rotatable bonds is 1. The number of amides is 2. The molecule has 0 fully saturated rings. The highest BCUT2D eigenvalue weighted by atomic mass is 16.2. The SMILES string of the molecule is CNC(=O)N1CCCCc2cc(C(C)=O)ccc21. The van der Waals surface area contributed by atoms with E-state index in [4.69, 9.17) is 0 Å². The van der Waals surface area contributed by atoms with E-state index in [0.29, 0.717) is 5.56 Å². The molecule has 4 heteroatoms. The number of nitrogens with zero attached hydrogens (tertiary/aromatic N) is 1. The lowest BCUT2D eigenvalue weighted by atomic mass is 10.0. The maximum absolute atomic E-state index is 11.8. The van der Waals surface area contributed by atoms with Gasteiger partial charge in [-0.1, -0.05) is 0 Å². The molecule has 0 atom stereocenters. The normalized spacial score (nSPS) is 14.7. The van der Waals surface area contributed by atoms with Crippen LogP contribution in [-0.2, 0) is 6.42 Å². The van der Waals surface area contributed by atoms with Crippen LogP contribution >= 0.6 is 0 Å². The molecule has 0 aromatic heterocycles. The summed E-state index contributed by atoms with van der Waals surface area (Å²) in [5.41, 5.74) is 2.73. The molecular formula is C14H18N2O2. The third-order valence-corrected chi connectivity index (χ3v) is 3.31. The summed E-state index contributed by atoms with van der Waals surface area (Å²) in [7, 11) is 1.64. The second-order valence-corrected chi connectivity index (χ2v) is 4.56. The lowest BCUT2D eigenvalue weighted by molar-refractivity contribution is 0.101. The highest BCUT2D eigenvalue weighted by molar-refractivity contribution is 5.97. The van der Waals surface area contributed by atoms with Gasteiger partial charge in [-0.3, -0.25) is 9.69 Å². The van der Waals surface area contributed by atoms with Crippen LogP contribution in [0.5, 0.6) is 0 Å². The minimum absolute atomic E-state index is 0.0635. The summed E-state index contributed by atoms with van der Waals surface area (Å²) in [6.45, 7) is 2.29. The Labute approximate surface area is 107 Å². The third kappa shape index (κ3) is 2.37. The Morgan fingerprint density at radius 1 is 1.28 bits per heavy atom. The first-order valence-corrected chi connectivity index (χ1v) is 6.26. The molecule has 96 valence electrons. The summed E-state index contributed by atoms with van der Waals surface area (Å²) >= 11 is 0. The molecule has 0 spiro atoms. The summed E-state index contributed by atoms with van der Waals surface area (Å²) in [5.74, 6) is 0.0635. The van der Waals surface area contributed by atoms with Gasteiger partial charge in [0.05, 0.1) is 0 Å². The lowest BCUT2D eigenvalue weighted by Crippen LogP contribution is -2.38. The average Bonchev–Trinajstić information content (AvgIpc) is 2.59. The largest absolute Gasteiger partial charge is 0.341 e. The minimum Gasteiger partial charge on any atom is -0.341 e. The van der Waals surface area contributed by atoms with Crippen LogP contribution in [0.4, 0.5) is 10.5 Å². The highest BCUT2D eigenvalue weighted by Gasteiger charge is 2.20. The van der Waals surface area contributed by atoms with Crippen molar-refractivity contribution in [2.45, 2.75) is 26.2 Å². The summed E-state index contributed by atoms with van der Waals surface area (Å²) in [4.78, 5) is 25.0. The van der Waals surface area contributed by atoms with E-state index in [1.54, 1.807) is 24.9 Å². The third-order valence-electron chi connectivity index (χ3n) is 3.31. The van der Waals surface area contributed by atoms with Gasteiger partial charge >= 0.3 is 6.03 Å². The van der Waals surface area contributed by atoms with Gasteiger partial charge in [-0.15, -0.1) is 0 Å². The lowest BCUT2D eigenvalue weighted by Gasteiger charge is -2.22. The zero-order valence-corrected chi connectivity index (χ0v) is 10.8. The molecule has 0 saturated carbocycles. The van der Waals surface area contributed by atoms with Gasteiger partial charge < -0.3 is 5.32 Å². The molecule has 0 unspecified atom stereocenters. The van der Waals surface area contributed by atoms with E-state index in [1.165, 1.54) is 0 Å². The molecule has 1 aliphatic rings. The zero-order valence-electron chi connectivity index (χ0n) is 10.8. The standard InChI is InChI=1S/C14H18N2O2/c1-10(17)11-6-7-13-12(9-11)5-3-4-8-16(13)14(18)15-2/h6-7,9H,3-5,8H2,1-2H3,(H,15,18). The first-order chi connectivity index (χ1) is 8.63. The van der Waals surface area contributed by atoms with Crippen molar-refractivity contribution in [1.29, 1.82) is 0 Å². The van der Waals surface area contributed by atoms with Gasteiger partial charge in [-0.2, -0.15) is 0 Å². The second kappa shape index (κ2) is 5.21. The maximum Gasteiger partial charge on any atom is 0.321 e. The Morgan fingerprint density at radius 2 is 2.06 bits per heavy atom. The number of nitrogens with one attached hydrogen (secondary N) is 1. The average molecular weight is 246 g/mol. The van der Waals surface area contributed by atoms with E-state index in [1.807, 2.05) is 12.1 Å². The van der Waals surface area contributed by atoms with Crippen LogP contribution in [0.25, 0.3) is 0 Å². The van der Waals surface area contributed by atoms with Crippen molar-refractivity contribution in [2.24, 2.45) is 0 Å². The fourth-order valence-corrected chi connectivity index (χ4v) is 2.32. The molecule has 0 radical (unpaired) electrons. The van der Waals surface area contributed by atoms with Gasteiger partial charge in [0, 0.05) is 24.8 Å². The molecule has 0 saturated heterocycles. The monoisotopic (exact) mass is 246 g/mol. The van der Waals surface area contributed by atoms with Crippen molar-refractivity contribution in [3.63, 3.8) is 0 Å². The van der Waals surface area contributed by atoms with E-state index in [-0.39, 0.29) is 11.8 Å². The topological polar surface area (TPSA) is 49.4 Å². The molecule has 1 aliphatic heterocycles. The Bertz CT molecular complexity index is 483. The van der Waals surface area contributed by atoms with Gasteiger partial charge in [0.15, 0.2) is 5.78 Å². The van der Waals surface area contributed by atoms with Gasteiger partial charge in [0.25, 0.3) is 0 Å². The van der Waals surface area contributed by atoms with Gasteiger partial charge in [0.2, 0.25) is 0 Å². The van der Waals surface area contributed by atoms with Gasteiger partial charge in [-0.05, 0) is 49.9 Å². The Hall–Kier alpha value is -1.84. The molecular weight excluding hydrogens is 228 g/mol. The number of fused-ring (bicyclic) bond motifs is 1. The van der Waals surface area contributed by atoms with Crippen LogP contribution in [0.3, 0.4) is 0 Å². The fraction of sp³-hybridized carbons (Fsp3) is 0.429. The molecule has 4 nitrogen and oxygen atoms in total. The first-order valence-electron chi connectivity index (χ1n) is 6.26. The van der Waals surface area contributed by atoms with Crippen molar-refractivity contribution >= 4 is 17.5 Å². The minimum atomic E-state index is -0.0891. The predicted molar refractivity (Wildman–Crippen MR) is 71.2 cm³/mol. The number of hydrogen-bond acceptors (Lipinski definition) is 2. The number of anilines is 1. The predicted octanol–water partition coefficient (Wildman–Crippen LogP) is 2.37. The van der Waals surface area contributed by atoms with Crippen molar-refractivity contribution in [3.05, 3.63) is 29.3 Å². The fourth-order valence-electron chi connectivity index (χ4n) is 2.32. The molecule has 0 bridgehead atoms. The number of carbonyl (C=O) groups excluding carboxylic acids is 2. The summed E-state index contributed by atoms with van der Waals surface area (Å²) in [6.07, 6.45) is 2.95. The number of aryl methyl sites for hydroxylation is 1. The summed E-state index contributed by atoms with van der Waals surface area (Å²) < 4.78 is 0. The molecule has 2 rings (SSSR count). The number of carbonyl (C=O) groups is 2. The second-order valence-electron chi connectivity index (χ2n) is 4.56. The maximum atomic E-state index is 11.8. The Morgan fingerprint density at radius 3 is 2.72 bits per heavy atom. The van der Waals surface area contributed by atoms with E-state index in [0.717, 1.165) is 37.1 Å². The molecule has 18 heavy (non-hydrogen) atoms. The van der Waals surface area contributed by atoms with E-state index in [9.17, 15) is 9.59 Å². The zero-order chi connectivity index (χ0) is 13.1. The van der Waals surface area contributed by atoms with Crippen LogP contribution in [-0.4, -0.2) is 25.4 Å². The van der Waals surface area contributed by atoms with Crippen molar-refractivity contribution in [2.75, 3.05) is 18.5 Å².